The molecule has 13 rings (SSSR count). The zero-order chi connectivity index (χ0) is 40.8. The van der Waals surface area contributed by atoms with Crippen LogP contribution in [0, 0.1) is 0 Å². The zero-order valence-electron chi connectivity index (χ0n) is 33.7. The number of hydrogen-bond donors (Lipinski definition) is 0. The number of nitrogens with zero attached hydrogens (tertiary/aromatic N) is 2. The van der Waals surface area contributed by atoms with Gasteiger partial charge in [0.1, 0.15) is 11.2 Å². The molecule has 2 aliphatic rings. The minimum Gasteiger partial charge on any atom is -0.456 e. The van der Waals surface area contributed by atoms with Crippen molar-refractivity contribution in [3.05, 3.63) is 253 Å². The molecule has 0 radical (unpaired) electrons. The van der Waals surface area contributed by atoms with E-state index in [1.807, 2.05) is 6.07 Å². The van der Waals surface area contributed by atoms with E-state index in [0.717, 1.165) is 56.1 Å². The second kappa shape index (κ2) is 13.4. The summed E-state index contributed by atoms with van der Waals surface area (Å²) >= 11 is 0. The molecule has 0 fully saturated rings. The number of fused-ring (bicyclic) bond motifs is 15. The van der Waals surface area contributed by atoms with Crippen molar-refractivity contribution >= 4 is 66.8 Å². The van der Waals surface area contributed by atoms with E-state index in [2.05, 4.69) is 234 Å². The van der Waals surface area contributed by atoms with Gasteiger partial charge in [-0.1, -0.05) is 158 Å². The molecule has 3 nitrogen and oxygen atoms in total. The summed E-state index contributed by atoms with van der Waals surface area (Å²) in [5.41, 5.74) is 17.9. The summed E-state index contributed by atoms with van der Waals surface area (Å²) in [7, 11) is 0. The summed E-state index contributed by atoms with van der Waals surface area (Å²) in [6.07, 6.45) is 0. The molecule has 3 heteroatoms. The SMILES string of the molecule is c1ccc(N(c2ccccc2)c2cc3ccccc3c3c2C2(c4ccccc4-c4ccc(N(c5ccccc5)c5cccc6oc7ccccc7c56)cc42)c2ccccc2-3)cc1. The van der Waals surface area contributed by atoms with Crippen molar-refractivity contribution in [2.45, 2.75) is 5.41 Å². The van der Waals surface area contributed by atoms with Crippen LogP contribution in [0.5, 0.6) is 0 Å². The van der Waals surface area contributed by atoms with Crippen molar-refractivity contribution in [2.75, 3.05) is 9.80 Å². The normalized spacial score (nSPS) is 14.5. The first-order chi connectivity index (χ1) is 30.8. The molecule has 0 saturated heterocycles. The minimum atomic E-state index is -0.661. The summed E-state index contributed by atoms with van der Waals surface area (Å²) in [5.74, 6) is 0. The third-order valence-corrected chi connectivity index (χ3v) is 13.2. The first kappa shape index (κ1) is 34.7. The molecule has 10 aromatic carbocycles. The lowest BCUT2D eigenvalue weighted by molar-refractivity contribution is 0.669. The van der Waals surface area contributed by atoms with E-state index in [4.69, 9.17) is 4.42 Å². The van der Waals surface area contributed by atoms with E-state index in [0.29, 0.717) is 0 Å². The van der Waals surface area contributed by atoms with Crippen LogP contribution in [-0.2, 0) is 5.41 Å². The molecular formula is C59H38N2O. The second-order valence-corrected chi connectivity index (χ2v) is 16.4. The minimum absolute atomic E-state index is 0.661. The van der Waals surface area contributed by atoms with Crippen molar-refractivity contribution in [1.29, 1.82) is 0 Å². The van der Waals surface area contributed by atoms with Gasteiger partial charge in [0, 0.05) is 33.7 Å². The van der Waals surface area contributed by atoms with Gasteiger partial charge >= 0.3 is 0 Å². The second-order valence-electron chi connectivity index (χ2n) is 16.4. The molecular weight excluding hydrogens is 753 g/mol. The molecule has 1 unspecified atom stereocenters. The maximum atomic E-state index is 6.50. The van der Waals surface area contributed by atoms with Crippen molar-refractivity contribution in [2.24, 2.45) is 0 Å². The number of furan rings is 1. The number of para-hydroxylation sites is 4. The van der Waals surface area contributed by atoms with Gasteiger partial charge in [-0.3, -0.25) is 0 Å². The Morgan fingerprint density at radius 1 is 0.339 bits per heavy atom. The van der Waals surface area contributed by atoms with Crippen molar-refractivity contribution < 1.29 is 4.42 Å². The van der Waals surface area contributed by atoms with Crippen LogP contribution in [0.4, 0.5) is 34.1 Å². The Kier molecular flexibility index (Phi) is 7.52. The Balaban J connectivity index is 1.17. The third kappa shape index (κ3) is 4.82. The first-order valence-corrected chi connectivity index (χ1v) is 21.4. The van der Waals surface area contributed by atoms with E-state index in [9.17, 15) is 0 Å². The Hall–Kier alpha value is -8.14. The first-order valence-electron chi connectivity index (χ1n) is 21.4. The fraction of sp³-hybridized carbons (Fsp3) is 0.0169. The molecule has 62 heavy (non-hydrogen) atoms. The summed E-state index contributed by atoms with van der Waals surface area (Å²) in [5, 5.41) is 4.65. The molecule has 1 atom stereocenters. The van der Waals surface area contributed by atoms with Gasteiger partial charge in [0.2, 0.25) is 0 Å². The van der Waals surface area contributed by atoms with E-state index >= 15 is 0 Å². The molecule has 1 spiro atoms. The van der Waals surface area contributed by atoms with Gasteiger partial charge in [-0.05, 0) is 123 Å². The molecule has 1 aromatic heterocycles. The molecule has 0 amide bonds. The van der Waals surface area contributed by atoms with Gasteiger partial charge in [-0.25, -0.2) is 0 Å². The predicted molar refractivity (Wildman–Crippen MR) is 257 cm³/mol. The highest BCUT2D eigenvalue weighted by Gasteiger charge is 2.54. The quantitative estimate of drug-likeness (QED) is 0.167. The molecule has 290 valence electrons. The summed E-state index contributed by atoms with van der Waals surface area (Å²) in [6, 6.07) is 84.1. The topological polar surface area (TPSA) is 19.6 Å². The summed E-state index contributed by atoms with van der Waals surface area (Å²) < 4.78 is 6.50. The monoisotopic (exact) mass is 790 g/mol. The molecule has 11 aromatic rings. The van der Waals surface area contributed by atoms with Crippen LogP contribution in [0.2, 0.25) is 0 Å². The van der Waals surface area contributed by atoms with Crippen LogP contribution in [0.1, 0.15) is 22.3 Å². The van der Waals surface area contributed by atoms with Crippen LogP contribution in [0.3, 0.4) is 0 Å². The Bertz CT molecular complexity index is 3500. The van der Waals surface area contributed by atoms with Gasteiger partial charge in [0.15, 0.2) is 0 Å². The number of benzene rings is 10. The van der Waals surface area contributed by atoms with Gasteiger partial charge in [-0.2, -0.15) is 0 Å². The van der Waals surface area contributed by atoms with Crippen molar-refractivity contribution in [3.8, 4) is 22.3 Å². The maximum absolute atomic E-state index is 6.50. The fourth-order valence-corrected chi connectivity index (χ4v) is 10.8. The smallest absolute Gasteiger partial charge is 0.137 e. The molecule has 0 aliphatic heterocycles. The largest absolute Gasteiger partial charge is 0.456 e. The number of hydrogen-bond acceptors (Lipinski definition) is 3. The van der Waals surface area contributed by atoms with Crippen LogP contribution < -0.4 is 9.80 Å². The number of anilines is 6. The lowest BCUT2D eigenvalue weighted by Crippen LogP contribution is -2.28. The highest BCUT2D eigenvalue weighted by atomic mass is 16.3. The standard InChI is InChI=1S/C59H38N2O/c1-4-20-40(21-5-1)60(41-22-6-2-7-23-41)53-37-39-19-10-11-26-44(39)56-47-28-13-16-31-50(47)59(58(53)56)49-30-15-12-27-45(49)46-36-35-43(38-51(46)59)61(42-24-8-3-9-25-42)52-32-18-34-55-57(52)48-29-14-17-33-54(48)62-55/h1-38H. The highest BCUT2D eigenvalue weighted by molar-refractivity contribution is 6.14. The van der Waals surface area contributed by atoms with Gasteiger partial charge in [0.05, 0.1) is 22.2 Å². The lowest BCUT2D eigenvalue weighted by atomic mass is 9.69. The van der Waals surface area contributed by atoms with Crippen molar-refractivity contribution in [1.82, 2.24) is 0 Å². The fourth-order valence-electron chi connectivity index (χ4n) is 10.8. The van der Waals surface area contributed by atoms with E-state index < -0.39 is 5.41 Å². The van der Waals surface area contributed by atoms with Gasteiger partial charge < -0.3 is 14.2 Å². The van der Waals surface area contributed by atoms with Crippen LogP contribution in [0.15, 0.2) is 235 Å². The van der Waals surface area contributed by atoms with Crippen LogP contribution >= 0.6 is 0 Å². The predicted octanol–water partition coefficient (Wildman–Crippen LogP) is 16.0. The molecule has 0 saturated carbocycles. The lowest BCUT2D eigenvalue weighted by Gasteiger charge is -2.36. The molecule has 0 N–H and O–H groups in total. The Labute approximate surface area is 360 Å². The summed E-state index contributed by atoms with van der Waals surface area (Å²) in [4.78, 5) is 4.90. The number of rotatable bonds is 6. The average molecular weight is 791 g/mol. The third-order valence-electron chi connectivity index (χ3n) is 13.2. The van der Waals surface area contributed by atoms with E-state index in [1.165, 1.54) is 55.3 Å². The molecule has 2 aliphatic carbocycles. The summed E-state index contributed by atoms with van der Waals surface area (Å²) in [6.45, 7) is 0. The zero-order valence-corrected chi connectivity index (χ0v) is 33.7. The highest BCUT2D eigenvalue weighted by Crippen LogP contribution is 2.67. The molecule has 0 bridgehead atoms. The maximum Gasteiger partial charge on any atom is 0.137 e. The van der Waals surface area contributed by atoms with E-state index in [1.54, 1.807) is 0 Å². The Morgan fingerprint density at radius 3 is 1.58 bits per heavy atom. The average Bonchev–Trinajstić information content (AvgIpc) is 3.98. The van der Waals surface area contributed by atoms with Gasteiger partial charge in [0.25, 0.3) is 0 Å². The molecule has 1 heterocycles. The van der Waals surface area contributed by atoms with Crippen molar-refractivity contribution in [3.63, 3.8) is 0 Å². The van der Waals surface area contributed by atoms with Crippen LogP contribution in [0.25, 0.3) is 55.0 Å². The Morgan fingerprint density at radius 2 is 0.871 bits per heavy atom. The van der Waals surface area contributed by atoms with Gasteiger partial charge in [-0.15, -0.1) is 0 Å². The van der Waals surface area contributed by atoms with E-state index in [-0.39, 0.29) is 0 Å². The van der Waals surface area contributed by atoms with Crippen LogP contribution in [-0.4, -0.2) is 0 Å².